The van der Waals surface area contributed by atoms with Crippen molar-refractivity contribution in [1.82, 2.24) is 15.1 Å². The first kappa shape index (κ1) is 19.1. The van der Waals surface area contributed by atoms with Gasteiger partial charge in [-0.1, -0.05) is 12.1 Å². The number of nitrogens with zero attached hydrogens (tertiary/aromatic N) is 2. The molecule has 0 aliphatic carbocycles. The second-order valence-electron chi connectivity index (χ2n) is 5.54. The fourth-order valence-corrected chi connectivity index (χ4v) is 2.22. The summed E-state index contributed by atoms with van der Waals surface area (Å²) in [5, 5.41) is 9.01. The van der Waals surface area contributed by atoms with Crippen LogP contribution in [0.15, 0.2) is 24.3 Å². The summed E-state index contributed by atoms with van der Waals surface area (Å²) in [5.41, 5.74) is 1.78. The van der Waals surface area contributed by atoms with Gasteiger partial charge in [-0.15, -0.1) is 0 Å². The van der Waals surface area contributed by atoms with Crippen LogP contribution in [0.4, 0.5) is 10.1 Å². The Kier molecular flexibility index (Phi) is 6.05. The maximum absolute atomic E-state index is 13.5. The molecule has 0 aliphatic rings. The zero-order chi connectivity index (χ0) is 19.3. The molecule has 0 aliphatic heterocycles. The van der Waals surface area contributed by atoms with E-state index in [4.69, 9.17) is 4.74 Å². The van der Waals surface area contributed by atoms with Crippen LogP contribution < -0.4 is 10.6 Å². The summed E-state index contributed by atoms with van der Waals surface area (Å²) in [7, 11) is 1.75. The molecule has 8 nitrogen and oxygen atoms in total. The molecule has 0 bridgehead atoms. The second-order valence-corrected chi connectivity index (χ2v) is 5.54. The van der Waals surface area contributed by atoms with Gasteiger partial charge in [-0.05, 0) is 26.0 Å². The van der Waals surface area contributed by atoms with Crippen LogP contribution in [-0.2, 0) is 21.4 Å². The Bertz CT molecular complexity index is 847. The Morgan fingerprint density at radius 3 is 2.54 bits per heavy atom. The van der Waals surface area contributed by atoms with Gasteiger partial charge in [0.25, 0.3) is 11.8 Å². The molecule has 2 aromatic rings. The van der Waals surface area contributed by atoms with E-state index in [9.17, 15) is 18.8 Å². The average molecular weight is 362 g/mol. The van der Waals surface area contributed by atoms with Gasteiger partial charge in [-0.3, -0.25) is 19.1 Å². The molecule has 0 fully saturated rings. The zero-order valence-corrected chi connectivity index (χ0v) is 14.6. The molecule has 138 valence electrons. The van der Waals surface area contributed by atoms with Gasteiger partial charge in [0.2, 0.25) is 0 Å². The number of ether oxygens (including phenoxy) is 1. The topological polar surface area (TPSA) is 102 Å². The number of carbonyl (C=O) groups excluding carboxylic acids is 3. The van der Waals surface area contributed by atoms with Crippen LogP contribution in [0.1, 0.15) is 21.7 Å². The van der Waals surface area contributed by atoms with Gasteiger partial charge in [-0.2, -0.15) is 5.10 Å². The van der Waals surface area contributed by atoms with Crippen molar-refractivity contribution in [2.75, 3.05) is 18.5 Å². The monoisotopic (exact) mass is 362 g/mol. The summed E-state index contributed by atoms with van der Waals surface area (Å²) < 4.78 is 19.9. The maximum atomic E-state index is 13.5. The van der Waals surface area contributed by atoms with Gasteiger partial charge in [-0.25, -0.2) is 4.39 Å². The van der Waals surface area contributed by atoms with E-state index in [0.717, 1.165) is 11.8 Å². The highest BCUT2D eigenvalue weighted by Crippen LogP contribution is 2.17. The highest BCUT2D eigenvalue weighted by molar-refractivity contribution is 5.97. The molecule has 0 spiro atoms. The molecular weight excluding hydrogens is 343 g/mol. The van der Waals surface area contributed by atoms with Crippen molar-refractivity contribution in [2.45, 2.75) is 13.8 Å². The largest absolute Gasteiger partial charge is 0.454 e. The van der Waals surface area contributed by atoms with Gasteiger partial charge in [0.15, 0.2) is 6.61 Å². The van der Waals surface area contributed by atoms with E-state index >= 15 is 0 Å². The number of amides is 2. The third-order valence-electron chi connectivity index (χ3n) is 3.65. The summed E-state index contributed by atoms with van der Waals surface area (Å²) in [4.78, 5) is 35.3. The molecular formula is C17H19FN4O4. The molecule has 0 saturated heterocycles. The van der Waals surface area contributed by atoms with Crippen LogP contribution in [-0.4, -0.2) is 40.7 Å². The van der Waals surface area contributed by atoms with Crippen molar-refractivity contribution in [3.63, 3.8) is 0 Å². The van der Waals surface area contributed by atoms with Crippen LogP contribution in [0.3, 0.4) is 0 Å². The Morgan fingerprint density at radius 1 is 1.23 bits per heavy atom. The van der Waals surface area contributed by atoms with Crippen LogP contribution in [0, 0.1) is 19.7 Å². The summed E-state index contributed by atoms with van der Waals surface area (Å²) in [5.74, 6) is -2.78. The number of esters is 1. The van der Waals surface area contributed by atoms with Gasteiger partial charge in [0.1, 0.15) is 12.4 Å². The molecule has 0 unspecified atom stereocenters. The average Bonchev–Trinajstić information content (AvgIpc) is 2.84. The van der Waals surface area contributed by atoms with Gasteiger partial charge < -0.3 is 15.4 Å². The van der Waals surface area contributed by atoms with Gasteiger partial charge >= 0.3 is 5.97 Å². The molecule has 2 amide bonds. The lowest BCUT2D eigenvalue weighted by atomic mass is 10.2. The minimum absolute atomic E-state index is 0.180. The summed E-state index contributed by atoms with van der Waals surface area (Å²) in [6, 6.07) is 5.38. The number of aryl methyl sites for hydroxylation is 2. The van der Waals surface area contributed by atoms with E-state index in [1.807, 2.05) is 0 Å². The summed E-state index contributed by atoms with van der Waals surface area (Å²) >= 11 is 0. The first-order chi connectivity index (χ1) is 12.3. The van der Waals surface area contributed by atoms with Crippen molar-refractivity contribution >= 4 is 23.5 Å². The minimum Gasteiger partial charge on any atom is -0.454 e. The molecule has 2 N–H and O–H groups in total. The molecule has 1 heterocycles. The fourth-order valence-electron chi connectivity index (χ4n) is 2.22. The minimum atomic E-state index is -0.815. The smallest absolute Gasteiger partial charge is 0.325 e. The molecule has 0 radical (unpaired) electrons. The molecule has 26 heavy (non-hydrogen) atoms. The van der Waals surface area contributed by atoms with E-state index in [1.54, 1.807) is 25.6 Å². The number of aromatic nitrogens is 2. The summed E-state index contributed by atoms with van der Waals surface area (Å²) in [6.07, 6.45) is 0. The van der Waals surface area contributed by atoms with E-state index in [0.29, 0.717) is 11.4 Å². The Balaban J connectivity index is 1.79. The van der Waals surface area contributed by atoms with E-state index < -0.39 is 36.8 Å². The fraction of sp³-hybridized carbons (Fsp3) is 0.294. The number of halogens is 1. The van der Waals surface area contributed by atoms with Crippen molar-refractivity contribution < 1.29 is 23.5 Å². The number of rotatable bonds is 6. The molecule has 0 atom stereocenters. The third-order valence-corrected chi connectivity index (χ3v) is 3.65. The van der Waals surface area contributed by atoms with Gasteiger partial charge in [0, 0.05) is 7.05 Å². The van der Waals surface area contributed by atoms with Crippen molar-refractivity contribution in [2.24, 2.45) is 7.05 Å². The first-order valence-electron chi connectivity index (χ1n) is 7.78. The first-order valence-corrected chi connectivity index (χ1v) is 7.78. The summed E-state index contributed by atoms with van der Waals surface area (Å²) in [6.45, 7) is 2.54. The normalized spacial score (nSPS) is 10.3. The highest BCUT2D eigenvalue weighted by atomic mass is 19.1. The van der Waals surface area contributed by atoms with E-state index in [-0.39, 0.29) is 5.56 Å². The third kappa shape index (κ3) is 4.65. The van der Waals surface area contributed by atoms with Gasteiger partial charge in [0.05, 0.1) is 22.6 Å². The Morgan fingerprint density at radius 2 is 1.92 bits per heavy atom. The predicted molar refractivity (Wildman–Crippen MR) is 91.0 cm³/mol. The number of hydrogen-bond acceptors (Lipinski definition) is 5. The van der Waals surface area contributed by atoms with Crippen molar-refractivity contribution in [3.05, 3.63) is 47.0 Å². The van der Waals surface area contributed by atoms with Crippen LogP contribution >= 0.6 is 0 Å². The van der Waals surface area contributed by atoms with Crippen LogP contribution in [0.25, 0.3) is 0 Å². The van der Waals surface area contributed by atoms with Crippen LogP contribution in [0.2, 0.25) is 0 Å². The van der Waals surface area contributed by atoms with Crippen molar-refractivity contribution in [3.8, 4) is 0 Å². The van der Waals surface area contributed by atoms with E-state index in [2.05, 4.69) is 15.7 Å². The quantitative estimate of drug-likeness (QED) is 0.749. The second kappa shape index (κ2) is 8.24. The molecule has 1 aromatic heterocycles. The molecule has 2 rings (SSSR count). The zero-order valence-electron chi connectivity index (χ0n) is 14.6. The lowest BCUT2D eigenvalue weighted by molar-refractivity contribution is -0.146. The SMILES string of the molecule is Cc1nn(C)c(C)c1NC(=O)COC(=O)CNC(=O)c1ccccc1F. The number of nitrogens with one attached hydrogen (secondary N) is 2. The molecule has 0 saturated carbocycles. The Labute approximate surface area is 149 Å². The number of benzene rings is 1. The molecule has 9 heteroatoms. The maximum Gasteiger partial charge on any atom is 0.325 e. The number of carbonyl (C=O) groups is 3. The standard InChI is InChI=1S/C17H19FN4O4/c1-10-16(11(2)22(3)21-10)20-14(23)9-26-15(24)8-19-17(25)12-6-4-5-7-13(12)18/h4-7H,8-9H2,1-3H3,(H,19,25)(H,20,23). The van der Waals surface area contributed by atoms with E-state index in [1.165, 1.54) is 18.2 Å². The lowest BCUT2D eigenvalue weighted by Crippen LogP contribution is -2.32. The predicted octanol–water partition coefficient (Wildman–Crippen LogP) is 1.09. The highest BCUT2D eigenvalue weighted by Gasteiger charge is 2.15. The van der Waals surface area contributed by atoms with Crippen LogP contribution in [0.5, 0.6) is 0 Å². The number of anilines is 1. The number of hydrogen-bond donors (Lipinski definition) is 2. The Hall–Kier alpha value is -3.23. The molecule has 1 aromatic carbocycles. The lowest BCUT2D eigenvalue weighted by Gasteiger charge is -2.08. The van der Waals surface area contributed by atoms with Crippen molar-refractivity contribution in [1.29, 1.82) is 0 Å².